The van der Waals surface area contributed by atoms with E-state index in [1.807, 2.05) is 23.7 Å². The molecule has 1 N–H and O–H groups in total. The summed E-state index contributed by atoms with van der Waals surface area (Å²) in [7, 11) is 0. The van der Waals surface area contributed by atoms with Crippen LogP contribution in [0.5, 0.6) is 0 Å². The van der Waals surface area contributed by atoms with Crippen LogP contribution in [0, 0.1) is 0 Å². The second-order valence-corrected chi connectivity index (χ2v) is 5.50. The van der Waals surface area contributed by atoms with Crippen LogP contribution < -0.4 is 5.32 Å². The molecule has 0 aliphatic heterocycles. The van der Waals surface area contributed by atoms with Gasteiger partial charge in [0.1, 0.15) is 0 Å². The highest BCUT2D eigenvalue weighted by molar-refractivity contribution is 7.10. The zero-order valence-corrected chi connectivity index (χ0v) is 11.8. The molecule has 2 unspecified atom stereocenters. The molecule has 2 aromatic heterocycles. The molecule has 18 heavy (non-hydrogen) atoms. The number of nitrogens with one attached hydrogen (secondary N) is 1. The molecule has 96 valence electrons. The standard InChI is InChI=1S/C15H20N2S/c1-3-5-14(15-6-4-11-18-15)17-12(2)13-7-9-16-10-8-13/h4,6-12,14,17H,3,5H2,1-2H3. The van der Waals surface area contributed by atoms with Crippen molar-refractivity contribution in [2.45, 2.75) is 38.8 Å². The maximum Gasteiger partial charge on any atom is 0.0419 e. The van der Waals surface area contributed by atoms with E-state index in [1.165, 1.54) is 23.3 Å². The second kappa shape index (κ2) is 6.66. The summed E-state index contributed by atoms with van der Waals surface area (Å²) < 4.78 is 0. The third-order valence-corrected chi connectivity index (χ3v) is 4.11. The number of hydrogen-bond donors (Lipinski definition) is 1. The second-order valence-electron chi connectivity index (χ2n) is 4.53. The molecular weight excluding hydrogens is 240 g/mol. The lowest BCUT2D eigenvalue weighted by atomic mass is 10.1. The lowest BCUT2D eigenvalue weighted by Gasteiger charge is -2.22. The Hall–Kier alpha value is -1.19. The van der Waals surface area contributed by atoms with Crippen molar-refractivity contribution in [1.29, 1.82) is 0 Å². The maximum atomic E-state index is 4.07. The minimum Gasteiger partial charge on any atom is -0.303 e. The average molecular weight is 260 g/mol. The van der Waals surface area contributed by atoms with Gasteiger partial charge in [0.25, 0.3) is 0 Å². The van der Waals surface area contributed by atoms with Gasteiger partial charge in [-0.1, -0.05) is 19.4 Å². The van der Waals surface area contributed by atoms with E-state index in [4.69, 9.17) is 0 Å². The molecule has 0 spiro atoms. The molecule has 0 aromatic carbocycles. The Morgan fingerprint density at radius 2 is 2.06 bits per heavy atom. The quantitative estimate of drug-likeness (QED) is 0.836. The molecule has 0 saturated carbocycles. The molecule has 0 fully saturated rings. The van der Waals surface area contributed by atoms with E-state index >= 15 is 0 Å². The molecule has 0 aliphatic rings. The fraction of sp³-hybridized carbons (Fsp3) is 0.400. The van der Waals surface area contributed by atoms with Gasteiger partial charge >= 0.3 is 0 Å². The number of nitrogens with zero attached hydrogens (tertiary/aromatic N) is 1. The molecule has 2 aromatic rings. The summed E-state index contributed by atoms with van der Waals surface area (Å²) in [5, 5.41) is 5.87. The van der Waals surface area contributed by atoms with Gasteiger partial charge in [0.05, 0.1) is 0 Å². The molecule has 2 atom stereocenters. The van der Waals surface area contributed by atoms with Crippen molar-refractivity contribution >= 4 is 11.3 Å². The lowest BCUT2D eigenvalue weighted by molar-refractivity contribution is 0.445. The molecule has 0 saturated heterocycles. The van der Waals surface area contributed by atoms with Crippen molar-refractivity contribution < 1.29 is 0 Å². The smallest absolute Gasteiger partial charge is 0.0419 e. The average Bonchev–Trinajstić information content (AvgIpc) is 2.93. The van der Waals surface area contributed by atoms with Gasteiger partial charge in [-0.2, -0.15) is 0 Å². The van der Waals surface area contributed by atoms with E-state index < -0.39 is 0 Å². The van der Waals surface area contributed by atoms with Crippen LogP contribution in [0.4, 0.5) is 0 Å². The predicted molar refractivity (Wildman–Crippen MR) is 77.8 cm³/mol. The Morgan fingerprint density at radius 1 is 1.28 bits per heavy atom. The Bertz CT molecular complexity index is 439. The van der Waals surface area contributed by atoms with Crippen molar-refractivity contribution in [2.75, 3.05) is 0 Å². The molecule has 0 bridgehead atoms. The molecular formula is C15H20N2S. The van der Waals surface area contributed by atoms with Crippen LogP contribution in [-0.2, 0) is 0 Å². The zero-order chi connectivity index (χ0) is 12.8. The van der Waals surface area contributed by atoms with Crippen LogP contribution >= 0.6 is 11.3 Å². The van der Waals surface area contributed by atoms with Crippen LogP contribution in [0.15, 0.2) is 42.0 Å². The third kappa shape index (κ3) is 3.40. The predicted octanol–water partition coefficient (Wildman–Crippen LogP) is 4.34. The van der Waals surface area contributed by atoms with Gasteiger partial charge in [-0.3, -0.25) is 4.98 Å². The van der Waals surface area contributed by atoms with E-state index in [1.54, 1.807) is 0 Å². The number of hydrogen-bond acceptors (Lipinski definition) is 3. The van der Waals surface area contributed by atoms with E-state index in [-0.39, 0.29) is 0 Å². The summed E-state index contributed by atoms with van der Waals surface area (Å²) in [4.78, 5) is 5.50. The van der Waals surface area contributed by atoms with Crippen molar-refractivity contribution in [1.82, 2.24) is 10.3 Å². The van der Waals surface area contributed by atoms with E-state index in [9.17, 15) is 0 Å². The molecule has 2 heterocycles. The molecule has 0 amide bonds. The SMILES string of the molecule is CCCC(NC(C)c1ccncc1)c1cccs1. The van der Waals surface area contributed by atoms with Gasteiger partial charge in [0.15, 0.2) is 0 Å². The normalized spacial score (nSPS) is 14.3. The van der Waals surface area contributed by atoms with Gasteiger partial charge in [0, 0.05) is 29.4 Å². The van der Waals surface area contributed by atoms with Gasteiger partial charge in [-0.15, -0.1) is 11.3 Å². The highest BCUT2D eigenvalue weighted by Crippen LogP contribution is 2.26. The minimum atomic E-state index is 0.353. The first-order chi connectivity index (χ1) is 8.81. The van der Waals surface area contributed by atoms with Gasteiger partial charge < -0.3 is 5.32 Å². The summed E-state index contributed by atoms with van der Waals surface area (Å²) >= 11 is 1.83. The van der Waals surface area contributed by atoms with Crippen molar-refractivity contribution in [3.8, 4) is 0 Å². The van der Waals surface area contributed by atoms with Crippen LogP contribution in [0.2, 0.25) is 0 Å². The molecule has 2 rings (SSSR count). The minimum absolute atomic E-state index is 0.353. The summed E-state index contributed by atoms with van der Waals surface area (Å²) in [6.07, 6.45) is 6.08. The van der Waals surface area contributed by atoms with Crippen LogP contribution in [0.25, 0.3) is 0 Å². The van der Waals surface area contributed by atoms with Crippen LogP contribution in [-0.4, -0.2) is 4.98 Å². The number of aromatic nitrogens is 1. The Kier molecular flexibility index (Phi) is 4.90. The fourth-order valence-corrected chi connectivity index (χ4v) is 2.96. The number of thiophene rings is 1. The number of pyridine rings is 1. The lowest BCUT2D eigenvalue weighted by Crippen LogP contribution is -2.24. The first-order valence-corrected chi connectivity index (χ1v) is 7.38. The number of rotatable bonds is 6. The molecule has 2 nitrogen and oxygen atoms in total. The molecule has 0 aliphatic carbocycles. The first-order valence-electron chi connectivity index (χ1n) is 6.50. The van der Waals surface area contributed by atoms with Crippen molar-refractivity contribution in [2.24, 2.45) is 0 Å². The topological polar surface area (TPSA) is 24.9 Å². The largest absolute Gasteiger partial charge is 0.303 e. The third-order valence-electron chi connectivity index (χ3n) is 3.12. The van der Waals surface area contributed by atoms with Crippen LogP contribution in [0.3, 0.4) is 0 Å². The fourth-order valence-electron chi connectivity index (χ4n) is 2.14. The van der Waals surface area contributed by atoms with Crippen molar-refractivity contribution in [3.63, 3.8) is 0 Å². The van der Waals surface area contributed by atoms with Crippen molar-refractivity contribution in [3.05, 3.63) is 52.5 Å². The van der Waals surface area contributed by atoms with Gasteiger partial charge in [0.2, 0.25) is 0 Å². The van der Waals surface area contributed by atoms with E-state index in [2.05, 4.69) is 53.8 Å². The van der Waals surface area contributed by atoms with E-state index in [0.717, 1.165) is 0 Å². The first kappa shape index (κ1) is 13.2. The monoisotopic (exact) mass is 260 g/mol. The highest BCUT2D eigenvalue weighted by Gasteiger charge is 2.15. The Labute approximate surface area is 113 Å². The Morgan fingerprint density at radius 3 is 2.67 bits per heavy atom. The Balaban J connectivity index is 2.05. The summed E-state index contributed by atoms with van der Waals surface area (Å²) in [6.45, 7) is 4.45. The zero-order valence-electron chi connectivity index (χ0n) is 11.0. The maximum absolute atomic E-state index is 4.07. The van der Waals surface area contributed by atoms with E-state index in [0.29, 0.717) is 12.1 Å². The molecule has 3 heteroatoms. The highest BCUT2D eigenvalue weighted by atomic mass is 32.1. The summed E-state index contributed by atoms with van der Waals surface area (Å²) in [5.41, 5.74) is 1.29. The van der Waals surface area contributed by atoms with Gasteiger partial charge in [-0.05, 0) is 42.5 Å². The van der Waals surface area contributed by atoms with Gasteiger partial charge in [-0.25, -0.2) is 0 Å². The summed E-state index contributed by atoms with van der Waals surface area (Å²) in [6, 6.07) is 9.31. The van der Waals surface area contributed by atoms with Crippen LogP contribution in [0.1, 0.15) is 49.2 Å². The molecule has 0 radical (unpaired) electrons. The summed E-state index contributed by atoms with van der Waals surface area (Å²) in [5.74, 6) is 0.